The highest BCUT2D eigenvalue weighted by Gasteiger charge is 2.34. The first-order chi connectivity index (χ1) is 13.5. The minimum absolute atomic E-state index is 0.0975. The summed E-state index contributed by atoms with van der Waals surface area (Å²) >= 11 is 0. The fourth-order valence-electron chi connectivity index (χ4n) is 3.47. The van der Waals surface area contributed by atoms with Gasteiger partial charge in [-0.2, -0.15) is 13.2 Å². The van der Waals surface area contributed by atoms with Crippen LogP contribution in [0.25, 0.3) is 11.2 Å². The molecular formula is C17H17F3N8. The highest BCUT2D eigenvalue weighted by molar-refractivity contribution is 5.83. The molecule has 0 radical (unpaired) electrons. The standard InChI is InChI=1S/C17H17F3N8/c18-17(19,20)12-3-4-21-16(25-12)27-7-5-26(6-8-27)14-13-15(23-9-22-14)28(10-24-13)11-1-2-11/h3-4,9-11H,1-2,5-8H2. The predicted molar refractivity (Wildman–Crippen MR) is 95.1 cm³/mol. The van der Waals surface area contributed by atoms with E-state index in [1.807, 2.05) is 6.33 Å². The molecule has 8 nitrogen and oxygen atoms in total. The van der Waals surface area contributed by atoms with Crippen molar-refractivity contribution < 1.29 is 13.2 Å². The second-order valence-corrected chi connectivity index (χ2v) is 6.97. The summed E-state index contributed by atoms with van der Waals surface area (Å²) in [7, 11) is 0. The smallest absolute Gasteiger partial charge is 0.351 e. The van der Waals surface area contributed by atoms with Crippen molar-refractivity contribution in [2.24, 2.45) is 0 Å². The van der Waals surface area contributed by atoms with Crippen molar-refractivity contribution in [2.45, 2.75) is 25.1 Å². The Morgan fingerprint density at radius 3 is 2.39 bits per heavy atom. The normalized spacial score (nSPS) is 18.1. The monoisotopic (exact) mass is 390 g/mol. The second-order valence-electron chi connectivity index (χ2n) is 6.97. The molecule has 2 fully saturated rings. The maximum absolute atomic E-state index is 12.9. The molecule has 3 aromatic heterocycles. The van der Waals surface area contributed by atoms with Crippen LogP contribution in [0, 0.1) is 0 Å². The molecule has 0 bridgehead atoms. The minimum Gasteiger partial charge on any atom is -0.351 e. The van der Waals surface area contributed by atoms with Crippen molar-refractivity contribution in [3.8, 4) is 0 Å². The first-order valence-electron chi connectivity index (χ1n) is 9.08. The zero-order valence-electron chi connectivity index (χ0n) is 14.8. The summed E-state index contributed by atoms with van der Waals surface area (Å²) in [4.78, 5) is 24.8. The summed E-state index contributed by atoms with van der Waals surface area (Å²) in [6.45, 7) is 2.16. The summed E-state index contributed by atoms with van der Waals surface area (Å²) in [5.74, 6) is 0.856. The third kappa shape index (κ3) is 3.00. The SMILES string of the molecule is FC(F)(F)c1ccnc(N2CCN(c3ncnc4c3ncn4C3CC3)CC2)n1. The van der Waals surface area contributed by atoms with E-state index in [2.05, 4.69) is 34.4 Å². The molecule has 0 amide bonds. The quantitative estimate of drug-likeness (QED) is 0.679. The number of aromatic nitrogens is 6. The van der Waals surface area contributed by atoms with E-state index in [-0.39, 0.29) is 5.95 Å². The van der Waals surface area contributed by atoms with E-state index in [4.69, 9.17) is 0 Å². The van der Waals surface area contributed by atoms with Crippen LogP contribution in [0.4, 0.5) is 24.9 Å². The number of anilines is 2. The molecule has 4 heterocycles. The number of halogens is 3. The average Bonchev–Trinajstić information content (AvgIpc) is 3.46. The fourth-order valence-corrected chi connectivity index (χ4v) is 3.47. The molecule has 1 saturated heterocycles. The van der Waals surface area contributed by atoms with Gasteiger partial charge in [0.1, 0.15) is 12.0 Å². The van der Waals surface area contributed by atoms with Crippen molar-refractivity contribution in [1.29, 1.82) is 0 Å². The molecule has 5 rings (SSSR count). The minimum atomic E-state index is -4.48. The van der Waals surface area contributed by atoms with Gasteiger partial charge < -0.3 is 14.4 Å². The molecule has 0 aromatic carbocycles. The van der Waals surface area contributed by atoms with Gasteiger partial charge >= 0.3 is 6.18 Å². The van der Waals surface area contributed by atoms with Crippen LogP contribution in [0.2, 0.25) is 0 Å². The van der Waals surface area contributed by atoms with Gasteiger partial charge in [-0.25, -0.2) is 24.9 Å². The highest BCUT2D eigenvalue weighted by atomic mass is 19.4. The first kappa shape index (κ1) is 17.1. The number of piperazine rings is 1. The summed E-state index contributed by atoms with van der Waals surface area (Å²) in [5.41, 5.74) is 0.664. The average molecular weight is 390 g/mol. The molecule has 1 aliphatic heterocycles. The molecular weight excluding hydrogens is 373 g/mol. The van der Waals surface area contributed by atoms with E-state index in [9.17, 15) is 13.2 Å². The lowest BCUT2D eigenvalue weighted by Crippen LogP contribution is -2.47. The van der Waals surface area contributed by atoms with E-state index < -0.39 is 11.9 Å². The van der Waals surface area contributed by atoms with E-state index in [0.717, 1.165) is 42.1 Å². The highest BCUT2D eigenvalue weighted by Crippen LogP contribution is 2.37. The van der Waals surface area contributed by atoms with Crippen LogP contribution in [0.1, 0.15) is 24.6 Å². The Labute approximate surface area is 158 Å². The second kappa shape index (κ2) is 6.28. The maximum Gasteiger partial charge on any atom is 0.433 e. The Morgan fingerprint density at radius 2 is 1.68 bits per heavy atom. The zero-order valence-corrected chi connectivity index (χ0v) is 14.8. The van der Waals surface area contributed by atoms with Gasteiger partial charge in [0.25, 0.3) is 0 Å². The number of fused-ring (bicyclic) bond motifs is 1. The lowest BCUT2D eigenvalue weighted by Gasteiger charge is -2.35. The van der Waals surface area contributed by atoms with Gasteiger partial charge in [-0.3, -0.25) is 0 Å². The van der Waals surface area contributed by atoms with Crippen molar-refractivity contribution in [3.63, 3.8) is 0 Å². The van der Waals surface area contributed by atoms with E-state index in [0.29, 0.717) is 32.2 Å². The molecule has 146 valence electrons. The van der Waals surface area contributed by atoms with Crippen LogP contribution in [0.3, 0.4) is 0 Å². The van der Waals surface area contributed by atoms with Gasteiger partial charge in [0.2, 0.25) is 5.95 Å². The van der Waals surface area contributed by atoms with Gasteiger partial charge in [0.05, 0.1) is 6.33 Å². The number of rotatable bonds is 3. The first-order valence-corrected chi connectivity index (χ1v) is 9.08. The lowest BCUT2D eigenvalue weighted by molar-refractivity contribution is -0.141. The molecule has 0 N–H and O–H groups in total. The third-order valence-corrected chi connectivity index (χ3v) is 5.08. The molecule has 3 aromatic rings. The van der Waals surface area contributed by atoms with Crippen LogP contribution < -0.4 is 9.80 Å². The molecule has 1 saturated carbocycles. The Morgan fingerprint density at radius 1 is 0.929 bits per heavy atom. The van der Waals surface area contributed by atoms with E-state index >= 15 is 0 Å². The van der Waals surface area contributed by atoms with Crippen LogP contribution in [-0.2, 0) is 6.18 Å². The van der Waals surface area contributed by atoms with Crippen LogP contribution >= 0.6 is 0 Å². The number of nitrogens with zero attached hydrogens (tertiary/aromatic N) is 8. The summed E-state index contributed by atoms with van der Waals surface area (Å²) in [5, 5.41) is 0. The van der Waals surface area contributed by atoms with Gasteiger partial charge in [-0.05, 0) is 18.9 Å². The molecule has 0 atom stereocenters. The van der Waals surface area contributed by atoms with Gasteiger partial charge in [0.15, 0.2) is 17.0 Å². The Kier molecular flexibility index (Phi) is 3.84. The van der Waals surface area contributed by atoms with Gasteiger partial charge in [-0.1, -0.05) is 0 Å². The van der Waals surface area contributed by atoms with Crippen molar-refractivity contribution in [2.75, 3.05) is 36.0 Å². The Hall–Kier alpha value is -2.98. The number of hydrogen-bond acceptors (Lipinski definition) is 7. The van der Waals surface area contributed by atoms with Gasteiger partial charge in [-0.15, -0.1) is 0 Å². The molecule has 0 unspecified atom stereocenters. The molecule has 2 aliphatic rings. The number of alkyl halides is 3. The molecule has 0 spiro atoms. The lowest BCUT2D eigenvalue weighted by atomic mass is 10.3. The Balaban J connectivity index is 1.35. The van der Waals surface area contributed by atoms with Crippen LogP contribution in [0.5, 0.6) is 0 Å². The summed E-state index contributed by atoms with van der Waals surface area (Å²) in [6, 6.07) is 1.36. The fraction of sp³-hybridized carbons (Fsp3) is 0.471. The molecule has 1 aliphatic carbocycles. The van der Waals surface area contributed by atoms with Crippen molar-refractivity contribution in [3.05, 3.63) is 30.6 Å². The van der Waals surface area contributed by atoms with Crippen molar-refractivity contribution >= 4 is 22.9 Å². The van der Waals surface area contributed by atoms with Gasteiger partial charge in [0, 0.05) is 38.4 Å². The number of imidazole rings is 1. The van der Waals surface area contributed by atoms with Crippen molar-refractivity contribution in [1.82, 2.24) is 29.5 Å². The predicted octanol–water partition coefficient (Wildman–Crippen LogP) is 2.30. The zero-order chi connectivity index (χ0) is 19.3. The number of hydrogen-bond donors (Lipinski definition) is 0. The maximum atomic E-state index is 12.9. The summed E-state index contributed by atoms with van der Waals surface area (Å²) in [6.07, 6.45) is 2.30. The molecule has 11 heteroatoms. The topological polar surface area (TPSA) is 75.9 Å². The Bertz CT molecular complexity index is 1010. The van der Waals surface area contributed by atoms with E-state index in [1.165, 1.54) is 0 Å². The third-order valence-electron chi connectivity index (χ3n) is 5.08. The molecule has 28 heavy (non-hydrogen) atoms. The van der Waals surface area contributed by atoms with E-state index in [1.54, 1.807) is 11.2 Å². The largest absolute Gasteiger partial charge is 0.433 e. The van der Waals surface area contributed by atoms with Crippen LogP contribution in [-0.4, -0.2) is 55.7 Å². The summed E-state index contributed by atoms with van der Waals surface area (Å²) < 4.78 is 40.8. The van der Waals surface area contributed by atoms with Crippen LogP contribution in [0.15, 0.2) is 24.9 Å².